The van der Waals surface area contributed by atoms with E-state index in [1.54, 1.807) is 0 Å². The lowest BCUT2D eigenvalue weighted by Crippen LogP contribution is -2.01. The first-order chi connectivity index (χ1) is 3.75. The van der Waals surface area contributed by atoms with Crippen LogP contribution in [0.25, 0.3) is 0 Å². The molecule has 2 atom stereocenters. The van der Waals surface area contributed by atoms with Crippen LogP contribution in [0.2, 0.25) is 0 Å². The van der Waals surface area contributed by atoms with E-state index in [0.29, 0.717) is 0 Å². The van der Waals surface area contributed by atoms with Gasteiger partial charge in [-0.05, 0) is 12.3 Å². The summed E-state index contributed by atoms with van der Waals surface area (Å²) in [6.07, 6.45) is 1.29. The molecule has 0 radical (unpaired) electrons. The van der Waals surface area contributed by atoms with E-state index >= 15 is 0 Å². The monoisotopic (exact) mass is 113 g/mol. The zero-order chi connectivity index (χ0) is 6.15. The van der Waals surface area contributed by atoms with Crippen molar-refractivity contribution in [2.75, 3.05) is 0 Å². The van der Waals surface area contributed by atoms with Crippen LogP contribution in [0.4, 0.5) is 0 Å². The Morgan fingerprint density at radius 3 is 2.25 bits per heavy atom. The third-order valence-corrected chi connectivity index (χ3v) is 1.89. The molecule has 0 aliphatic carbocycles. The van der Waals surface area contributed by atoms with Gasteiger partial charge in [-0.2, -0.15) is 0 Å². The van der Waals surface area contributed by atoms with E-state index in [9.17, 15) is 0 Å². The molecule has 1 nitrogen and oxygen atoms in total. The highest BCUT2D eigenvalue weighted by molar-refractivity contribution is 4.98. The van der Waals surface area contributed by atoms with Crippen molar-refractivity contribution in [3.63, 3.8) is 0 Å². The third kappa shape index (κ3) is 1.03. The number of hydrogen-bond acceptors (Lipinski definition) is 1. The Bertz CT molecular complexity index is 78.5. The summed E-state index contributed by atoms with van der Waals surface area (Å²) >= 11 is 0. The lowest BCUT2D eigenvalue weighted by molar-refractivity contribution is 0.612. The summed E-state index contributed by atoms with van der Waals surface area (Å²) in [7, 11) is 0. The van der Waals surface area contributed by atoms with E-state index in [1.807, 2.05) is 0 Å². The molecule has 0 aromatic heterocycles. The average molecular weight is 113 g/mol. The van der Waals surface area contributed by atoms with Crippen molar-refractivity contribution in [3.8, 4) is 0 Å². The Kier molecular flexibility index (Phi) is 1.57. The summed E-state index contributed by atoms with van der Waals surface area (Å²) in [5, 5.41) is 3.42. The predicted octanol–water partition coefficient (Wildman–Crippen LogP) is 1.39. The smallest absolute Gasteiger partial charge is 0.0247 e. The van der Waals surface area contributed by atoms with E-state index in [4.69, 9.17) is 0 Å². The van der Waals surface area contributed by atoms with Gasteiger partial charge in [-0.3, -0.25) is 0 Å². The van der Waals surface area contributed by atoms with Gasteiger partial charge >= 0.3 is 0 Å². The topological polar surface area (TPSA) is 21.9 Å². The standard InChI is InChI=1S/C7H15N/c1-4-6-7(8-6)5(2)3/h5-8H,4H2,1-3H3/t6-,7-/m1/s1. The van der Waals surface area contributed by atoms with Crippen molar-refractivity contribution in [1.29, 1.82) is 0 Å². The maximum absolute atomic E-state index is 3.42. The highest BCUT2D eigenvalue weighted by Crippen LogP contribution is 2.21. The minimum atomic E-state index is 0.833. The summed E-state index contributed by atoms with van der Waals surface area (Å²) in [5.41, 5.74) is 0. The molecule has 8 heavy (non-hydrogen) atoms. The summed E-state index contributed by atoms with van der Waals surface area (Å²) in [6.45, 7) is 6.78. The molecule has 1 rings (SSSR count). The lowest BCUT2D eigenvalue weighted by atomic mass is 10.1. The molecule has 0 saturated carbocycles. The quantitative estimate of drug-likeness (QED) is 0.537. The van der Waals surface area contributed by atoms with Gasteiger partial charge in [-0.25, -0.2) is 0 Å². The van der Waals surface area contributed by atoms with E-state index in [-0.39, 0.29) is 0 Å². The SMILES string of the molecule is CC[C@H]1N[C@@H]1C(C)C. The van der Waals surface area contributed by atoms with Crippen molar-refractivity contribution >= 4 is 0 Å². The van der Waals surface area contributed by atoms with Crippen LogP contribution in [0.5, 0.6) is 0 Å². The molecule has 1 fully saturated rings. The van der Waals surface area contributed by atoms with Crippen LogP contribution in [-0.2, 0) is 0 Å². The molecule has 0 spiro atoms. The minimum Gasteiger partial charge on any atom is -0.308 e. The van der Waals surface area contributed by atoms with Crippen LogP contribution < -0.4 is 5.32 Å². The van der Waals surface area contributed by atoms with E-state index < -0.39 is 0 Å². The largest absolute Gasteiger partial charge is 0.308 e. The van der Waals surface area contributed by atoms with Gasteiger partial charge in [0.2, 0.25) is 0 Å². The van der Waals surface area contributed by atoms with Gasteiger partial charge in [0.25, 0.3) is 0 Å². The summed E-state index contributed by atoms with van der Waals surface area (Å²) in [6, 6.07) is 1.68. The molecular formula is C7H15N. The van der Waals surface area contributed by atoms with Crippen molar-refractivity contribution in [3.05, 3.63) is 0 Å². The molecule has 0 aromatic rings. The second kappa shape index (κ2) is 2.06. The number of rotatable bonds is 2. The summed E-state index contributed by atoms with van der Waals surface area (Å²) in [5.74, 6) is 0.833. The van der Waals surface area contributed by atoms with Crippen molar-refractivity contribution in [2.24, 2.45) is 5.92 Å². The van der Waals surface area contributed by atoms with Crippen LogP contribution in [0, 0.1) is 5.92 Å². The molecule has 0 amide bonds. The maximum atomic E-state index is 3.42. The van der Waals surface area contributed by atoms with E-state index in [0.717, 1.165) is 18.0 Å². The highest BCUT2D eigenvalue weighted by atomic mass is 15.1. The highest BCUT2D eigenvalue weighted by Gasteiger charge is 2.35. The fourth-order valence-corrected chi connectivity index (χ4v) is 1.22. The molecule has 48 valence electrons. The molecule has 1 aliphatic rings. The maximum Gasteiger partial charge on any atom is 0.0247 e. The second-order valence-electron chi connectivity index (χ2n) is 2.95. The van der Waals surface area contributed by atoms with Crippen LogP contribution >= 0.6 is 0 Å². The van der Waals surface area contributed by atoms with Gasteiger partial charge in [0.15, 0.2) is 0 Å². The normalized spacial score (nSPS) is 36.0. The molecular weight excluding hydrogens is 98.1 g/mol. The van der Waals surface area contributed by atoms with Crippen LogP contribution in [0.3, 0.4) is 0 Å². The predicted molar refractivity (Wildman–Crippen MR) is 35.8 cm³/mol. The van der Waals surface area contributed by atoms with Crippen LogP contribution in [-0.4, -0.2) is 12.1 Å². The molecule has 1 heteroatoms. The van der Waals surface area contributed by atoms with Gasteiger partial charge in [0.05, 0.1) is 0 Å². The number of hydrogen-bond donors (Lipinski definition) is 1. The van der Waals surface area contributed by atoms with E-state index in [2.05, 4.69) is 26.1 Å². The first-order valence-electron chi connectivity index (χ1n) is 3.51. The third-order valence-electron chi connectivity index (χ3n) is 1.89. The average Bonchev–Trinajstić information content (AvgIpc) is 2.42. The fourth-order valence-electron chi connectivity index (χ4n) is 1.22. The molecule has 1 aliphatic heterocycles. The molecule has 0 aromatic carbocycles. The van der Waals surface area contributed by atoms with Crippen LogP contribution in [0.1, 0.15) is 27.2 Å². The zero-order valence-electron chi connectivity index (χ0n) is 5.94. The van der Waals surface area contributed by atoms with Gasteiger partial charge in [0, 0.05) is 12.1 Å². The summed E-state index contributed by atoms with van der Waals surface area (Å²) in [4.78, 5) is 0. The fraction of sp³-hybridized carbons (Fsp3) is 1.00. The van der Waals surface area contributed by atoms with Gasteiger partial charge in [0.1, 0.15) is 0 Å². The van der Waals surface area contributed by atoms with Crippen molar-refractivity contribution in [2.45, 2.75) is 39.3 Å². The van der Waals surface area contributed by atoms with E-state index in [1.165, 1.54) is 6.42 Å². The Hall–Kier alpha value is -0.0400. The molecule has 1 heterocycles. The van der Waals surface area contributed by atoms with Gasteiger partial charge in [-0.15, -0.1) is 0 Å². The Labute approximate surface area is 51.5 Å². The van der Waals surface area contributed by atoms with Gasteiger partial charge in [-0.1, -0.05) is 20.8 Å². The van der Waals surface area contributed by atoms with Crippen molar-refractivity contribution in [1.82, 2.24) is 5.32 Å². The lowest BCUT2D eigenvalue weighted by Gasteiger charge is -1.96. The first kappa shape index (κ1) is 6.09. The van der Waals surface area contributed by atoms with Gasteiger partial charge < -0.3 is 5.32 Å². The first-order valence-corrected chi connectivity index (χ1v) is 3.51. The second-order valence-corrected chi connectivity index (χ2v) is 2.95. The molecule has 0 bridgehead atoms. The molecule has 1 N–H and O–H groups in total. The Morgan fingerprint density at radius 1 is 1.50 bits per heavy atom. The molecule has 0 unspecified atom stereocenters. The summed E-state index contributed by atoms with van der Waals surface area (Å²) < 4.78 is 0. The Morgan fingerprint density at radius 2 is 2.12 bits per heavy atom. The minimum absolute atomic E-state index is 0.833. The van der Waals surface area contributed by atoms with Crippen LogP contribution in [0.15, 0.2) is 0 Å². The number of nitrogens with one attached hydrogen (secondary N) is 1. The zero-order valence-corrected chi connectivity index (χ0v) is 5.94. The van der Waals surface area contributed by atoms with Crippen molar-refractivity contribution < 1.29 is 0 Å². The Balaban J connectivity index is 2.16. The molecule has 1 saturated heterocycles.